The Bertz CT molecular complexity index is 399. The number of aliphatic hydroxyl groups excluding tert-OH is 1. The SMILES string of the molecule is CC1CC(c2cccc(F)c2)N(CCOCCO)C1. The molecule has 1 N–H and O–H groups in total. The van der Waals surface area contributed by atoms with Crippen LogP contribution >= 0.6 is 0 Å². The van der Waals surface area contributed by atoms with E-state index in [1.807, 2.05) is 6.07 Å². The molecule has 4 heteroatoms. The van der Waals surface area contributed by atoms with Gasteiger partial charge in [0.05, 0.1) is 19.8 Å². The van der Waals surface area contributed by atoms with E-state index in [0.29, 0.717) is 19.1 Å². The van der Waals surface area contributed by atoms with Gasteiger partial charge in [0.1, 0.15) is 5.82 Å². The van der Waals surface area contributed by atoms with Gasteiger partial charge in [-0.15, -0.1) is 0 Å². The second-order valence-corrected chi connectivity index (χ2v) is 5.24. The molecule has 1 heterocycles. The van der Waals surface area contributed by atoms with E-state index in [4.69, 9.17) is 9.84 Å². The van der Waals surface area contributed by atoms with E-state index in [2.05, 4.69) is 11.8 Å². The summed E-state index contributed by atoms with van der Waals surface area (Å²) in [5.74, 6) is 0.444. The standard InChI is InChI=1S/C15H22FNO2/c1-12-9-15(13-3-2-4-14(16)10-13)17(11-12)5-7-19-8-6-18/h2-4,10,12,15,18H,5-9,11H2,1H3. The maximum absolute atomic E-state index is 13.3. The zero-order valence-electron chi connectivity index (χ0n) is 11.4. The molecule has 0 amide bonds. The number of halogens is 1. The van der Waals surface area contributed by atoms with E-state index in [9.17, 15) is 4.39 Å². The lowest BCUT2D eigenvalue weighted by Gasteiger charge is -2.24. The Hall–Kier alpha value is -0.970. The van der Waals surface area contributed by atoms with Crippen molar-refractivity contribution in [2.24, 2.45) is 5.92 Å². The largest absolute Gasteiger partial charge is 0.394 e. The van der Waals surface area contributed by atoms with Gasteiger partial charge in [-0.25, -0.2) is 4.39 Å². The summed E-state index contributed by atoms with van der Waals surface area (Å²) >= 11 is 0. The molecule has 1 aromatic rings. The molecule has 1 aliphatic heterocycles. The van der Waals surface area contributed by atoms with Gasteiger partial charge in [-0.2, -0.15) is 0 Å². The first-order valence-electron chi connectivity index (χ1n) is 6.89. The fraction of sp³-hybridized carbons (Fsp3) is 0.600. The molecule has 0 radical (unpaired) electrons. The quantitative estimate of drug-likeness (QED) is 0.802. The van der Waals surface area contributed by atoms with Crippen molar-refractivity contribution in [1.82, 2.24) is 4.90 Å². The number of nitrogens with zero attached hydrogens (tertiary/aromatic N) is 1. The Balaban J connectivity index is 1.97. The lowest BCUT2D eigenvalue weighted by molar-refractivity contribution is 0.0705. The predicted molar refractivity (Wildman–Crippen MR) is 72.4 cm³/mol. The molecule has 2 rings (SSSR count). The van der Waals surface area contributed by atoms with Crippen LogP contribution in [-0.2, 0) is 4.74 Å². The molecule has 0 aromatic heterocycles. The fourth-order valence-corrected chi connectivity index (χ4v) is 2.79. The number of likely N-dealkylation sites (tertiary alicyclic amines) is 1. The van der Waals surface area contributed by atoms with Crippen LogP contribution in [-0.4, -0.2) is 42.9 Å². The molecule has 106 valence electrons. The number of hydrogen-bond donors (Lipinski definition) is 1. The van der Waals surface area contributed by atoms with Crippen LogP contribution in [0.2, 0.25) is 0 Å². The third kappa shape index (κ3) is 4.00. The summed E-state index contributed by atoms with van der Waals surface area (Å²) in [6.45, 7) is 5.12. The molecular formula is C15H22FNO2. The average Bonchev–Trinajstić information content (AvgIpc) is 2.76. The zero-order valence-corrected chi connectivity index (χ0v) is 11.4. The summed E-state index contributed by atoms with van der Waals surface area (Å²) < 4.78 is 18.6. The molecule has 0 spiro atoms. The van der Waals surface area contributed by atoms with Gasteiger partial charge in [-0.3, -0.25) is 4.90 Å². The van der Waals surface area contributed by atoms with Crippen molar-refractivity contribution in [2.75, 3.05) is 32.9 Å². The second-order valence-electron chi connectivity index (χ2n) is 5.24. The fourth-order valence-electron chi connectivity index (χ4n) is 2.79. The molecule has 0 saturated carbocycles. The van der Waals surface area contributed by atoms with Crippen LogP contribution in [0.25, 0.3) is 0 Å². The smallest absolute Gasteiger partial charge is 0.123 e. The van der Waals surface area contributed by atoms with Gasteiger partial charge in [0.2, 0.25) is 0 Å². The molecule has 1 saturated heterocycles. The molecular weight excluding hydrogens is 245 g/mol. The van der Waals surface area contributed by atoms with E-state index in [-0.39, 0.29) is 18.5 Å². The maximum Gasteiger partial charge on any atom is 0.123 e. The van der Waals surface area contributed by atoms with Crippen LogP contribution < -0.4 is 0 Å². The lowest BCUT2D eigenvalue weighted by Crippen LogP contribution is -2.28. The molecule has 0 aliphatic carbocycles. The van der Waals surface area contributed by atoms with Crippen LogP contribution in [0.15, 0.2) is 24.3 Å². The van der Waals surface area contributed by atoms with Gasteiger partial charge in [0.15, 0.2) is 0 Å². The summed E-state index contributed by atoms with van der Waals surface area (Å²) in [4.78, 5) is 2.34. The highest BCUT2D eigenvalue weighted by molar-refractivity contribution is 5.21. The first-order chi connectivity index (χ1) is 9.20. The number of benzene rings is 1. The maximum atomic E-state index is 13.3. The molecule has 1 fully saturated rings. The highest BCUT2D eigenvalue weighted by Crippen LogP contribution is 2.34. The number of hydrogen-bond acceptors (Lipinski definition) is 3. The first kappa shape index (κ1) is 14.4. The van der Waals surface area contributed by atoms with Crippen molar-refractivity contribution in [1.29, 1.82) is 0 Å². The molecule has 19 heavy (non-hydrogen) atoms. The Morgan fingerprint density at radius 1 is 1.42 bits per heavy atom. The van der Waals surface area contributed by atoms with Gasteiger partial charge >= 0.3 is 0 Å². The third-order valence-corrected chi connectivity index (χ3v) is 3.60. The molecule has 0 bridgehead atoms. The van der Waals surface area contributed by atoms with Gasteiger partial charge in [0, 0.05) is 19.1 Å². The summed E-state index contributed by atoms with van der Waals surface area (Å²) in [5, 5.41) is 8.68. The number of aliphatic hydroxyl groups is 1. The first-order valence-corrected chi connectivity index (χ1v) is 6.89. The van der Waals surface area contributed by atoms with E-state index in [1.54, 1.807) is 12.1 Å². The van der Waals surface area contributed by atoms with Crippen LogP contribution in [0.1, 0.15) is 24.9 Å². The second kappa shape index (κ2) is 6.98. The van der Waals surface area contributed by atoms with Crippen molar-refractivity contribution < 1.29 is 14.2 Å². The minimum Gasteiger partial charge on any atom is -0.394 e. The van der Waals surface area contributed by atoms with Gasteiger partial charge < -0.3 is 9.84 Å². The van der Waals surface area contributed by atoms with E-state index < -0.39 is 0 Å². The van der Waals surface area contributed by atoms with E-state index >= 15 is 0 Å². The van der Waals surface area contributed by atoms with E-state index in [1.165, 1.54) is 6.07 Å². The molecule has 1 aromatic carbocycles. The summed E-state index contributed by atoms with van der Waals surface area (Å²) in [7, 11) is 0. The minimum atomic E-state index is -0.173. The normalized spacial score (nSPS) is 23.9. The molecule has 3 nitrogen and oxygen atoms in total. The third-order valence-electron chi connectivity index (χ3n) is 3.60. The van der Waals surface area contributed by atoms with Crippen molar-refractivity contribution >= 4 is 0 Å². The highest BCUT2D eigenvalue weighted by atomic mass is 19.1. The Labute approximate surface area is 114 Å². The van der Waals surface area contributed by atoms with E-state index in [0.717, 1.165) is 25.1 Å². The van der Waals surface area contributed by atoms with Crippen LogP contribution in [0, 0.1) is 11.7 Å². The molecule has 2 unspecified atom stereocenters. The minimum absolute atomic E-state index is 0.0593. The highest BCUT2D eigenvalue weighted by Gasteiger charge is 2.30. The van der Waals surface area contributed by atoms with Crippen molar-refractivity contribution in [3.05, 3.63) is 35.6 Å². The number of rotatable bonds is 6. The summed E-state index contributed by atoms with van der Waals surface area (Å²) in [6.07, 6.45) is 1.06. The Morgan fingerprint density at radius 2 is 2.26 bits per heavy atom. The van der Waals surface area contributed by atoms with Crippen molar-refractivity contribution in [3.63, 3.8) is 0 Å². The van der Waals surface area contributed by atoms with Crippen molar-refractivity contribution in [3.8, 4) is 0 Å². The molecule has 1 aliphatic rings. The Morgan fingerprint density at radius 3 is 3.00 bits per heavy atom. The monoisotopic (exact) mass is 267 g/mol. The molecule has 2 atom stereocenters. The van der Waals surface area contributed by atoms with Gasteiger partial charge in [-0.1, -0.05) is 19.1 Å². The predicted octanol–water partition coefficient (Wildman–Crippen LogP) is 2.22. The summed E-state index contributed by atoms with van der Waals surface area (Å²) in [5.41, 5.74) is 1.05. The summed E-state index contributed by atoms with van der Waals surface area (Å²) in [6, 6.07) is 7.16. The lowest BCUT2D eigenvalue weighted by atomic mass is 10.0. The topological polar surface area (TPSA) is 32.7 Å². The zero-order chi connectivity index (χ0) is 13.7. The van der Waals surface area contributed by atoms with Crippen LogP contribution in [0.4, 0.5) is 4.39 Å². The van der Waals surface area contributed by atoms with Gasteiger partial charge in [-0.05, 0) is 30.0 Å². The van der Waals surface area contributed by atoms with Crippen LogP contribution in [0.5, 0.6) is 0 Å². The van der Waals surface area contributed by atoms with Crippen molar-refractivity contribution in [2.45, 2.75) is 19.4 Å². The average molecular weight is 267 g/mol. The van der Waals surface area contributed by atoms with Crippen LogP contribution in [0.3, 0.4) is 0 Å². The number of ether oxygens (including phenoxy) is 1. The Kier molecular flexibility index (Phi) is 5.31. The van der Waals surface area contributed by atoms with Gasteiger partial charge in [0.25, 0.3) is 0 Å².